The van der Waals surface area contributed by atoms with Gasteiger partial charge in [-0.05, 0) is 50.0 Å². The summed E-state index contributed by atoms with van der Waals surface area (Å²) in [6.07, 6.45) is -4.44. The summed E-state index contributed by atoms with van der Waals surface area (Å²) < 4.78 is 42.7. The van der Waals surface area contributed by atoms with Crippen LogP contribution < -0.4 is 15.7 Å². The van der Waals surface area contributed by atoms with E-state index in [2.05, 4.69) is 26.1 Å². The lowest BCUT2D eigenvalue weighted by atomic mass is 9.96. The zero-order chi connectivity index (χ0) is 32.6. The average molecular weight is 646 g/mol. The van der Waals surface area contributed by atoms with Crippen molar-refractivity contribution in [3.05, 3.63) is 60.7 Å². The number of amides is 1. The lowest BCUT2D eigenvalue weighted by molar-refractivity contribution is -0.347. The van der Waals surface area contributed by atoms with Crippen LogP contribution in [0.3, 0.4) is 0 Å². The van der Waals surface area contributed by atoms with Crippen LogP contribution in [0.25, 0.3) is 0 Å². The molecule has 0 aliphatic carbocycles. The minimum Gasteiger partial charge on any atom is -0.466 e. The molecule has 0 saturated carbocycles. The number of methoxy groups -OCH3 is 1. The Bertz CT molecular complexity index is 1300. The van der Waals surface area contributed by atoms with Gasteiger partial charge in [0.2, 0.25) is 6.10 Å². The number of hydrogen-bond donors (Lipinski definition) is 1. The Kier molecular flexibility index (Phi) is 9.54. The first-order chi connectivity index (χ1) is 20.4. The highest BCUT2D eigenvalue weighted by Gasteiger charge is 2.65. The van der Waals surface area contributed by atoms with Crippen LogP contribution in [0.15, 0.2) is 60.7 Å². The predicted octanol–water partition coefficient (Wildman–Crippen LogP) is 4.18. The van der Waals surface area contributed by atoms with Gasteiger partial charge < -0.3 is 32.8 Å². The number of hydrogen-bond acceptors (Lipinski definition) is 10. The van der Waals surface area contributed by atoms with Crippen LogP contribution in [-0.2, 0) is 37.6 Å². The van der Waals surface area contributed by atoms with Crippen molar-refractivity contribution >= 4 is 48.2 Å². The lowest BCUT2D eigenvalue weighted by Crippen LogP contribution is -2.79. The molecule has 2 aromatic rings. The summed E-state index contributed by atoms with van der Waals surface area (Å²) >= 11 is 5.24. The van der Waals surface area contributed by atoms with Crippen molar-refractivity contribution in [2.75, 3.05) is 13.7 Å². The zero-order valence-corrected chi connectivity index (χ0v) is 28.6. The maximum Gasteiger partial charge on any atom is 0.410 e. The normalized spacial score (nSPS) is 25.4. The van der Waals surface area contributed by atoms with E-state index in [1.807, 2.05) is 60.7 Å². The quantitative estimate of drug-likeness (QED) is 0.204. The minimum atomic E-state index is -3.42. The first-order valence-electron chi connectivity index (χ1n) is 14.5. The summed E-state index contributed by atoms with van der Waals surface area (Å²) in [5.74, 6) is -1.90. The summed E-state index contributed by atoms with van der Waals surface area (Å²) in [5, 5.41) is 4.10. The second-order valence-corrected chi connectivity index (χ2v) is 18.0. The second-order valence-electron chi connectivity index (χ2n) is 13.4. The predicted molar refractivity (Wildman–Crippen MR) is 170 cm³/mol. The van der Waals surface area contributed by atoms with E-state index in [1.165, 1.54) is 7.11 Å². The van der Waals surface area contributed by atoms with E-state index >= 15 is 0 Å². The molecular weight excluding hydrogens is 603 g/mol. The number of rotatable bonds is 7. The molecule has 4 atom stereocenters. The molecule has 10 nitrogen and oxygen atoms in total. The highest BCUT2D eigenvalue weighted by atomic mass is 32.1. The van der Waals surface area contributed by atoms with E-state index in [9.17, 15) is 9.59 Å². The summed E-state index contributed by atoms with van der Waals surface area (Å²) in [6, 6.07) is 19.8. The number of benzene rings is 2. The monoisotopic (exact) mass is 645 g/mol. The van der Waals surface area contributed by atoms with Crippen LogP contribution in [0.4, 0.5) is 4.79 Å². The van der Waals surface area contributed by atoms with Gasteiger partial charge in [-0.15, -0.1) is 0 Å². The van der Waals surface area contributed by atoms with Crippen LogP contribution >= 0.6 is 12.2 Å². The number of ether oxygens (including phenoxy) is 6. The van der Waals surface area contributed by atoms with Gasteiger partial charge in [-0.3, -0.25) is 5.32 Å². The fourth-order valence-electron chi connectivity index (χ4n) is 5.64. The van der Waals surface area contributed by atoms with Gasteiger partial charge in [0.1, 0.15) is 5.60 Å². The molecule has 240 valence electrons. The Balaban J connectivity index is 2.01. The highest BCUT2D eigenvalue weighted by molar-refractivity contribution is 7.79. The van der Waals surface area contributed by atoms with E-state index < -0.39 is 60.8 Å². The van der Waals surface area contributed by atoms with Crippen molar-refractivity contribution < 1.29 is 42.4 Å². The van der Waals surface area contributed by atoms with Gasteiger partial charge in [0.25, 0.3) is 8.32 Å². The van der Waals surface area contributed by atoms with Crippen molar-refractivity contribution in [3.8, 4) is 0 Å². The third-order valence-electron chi connectivity index (χ3n) is 7.45. The Labute approximate surface area is 265 Å². The molecule has 0 unspecified atom stereocenters. The SMILES string of the molecule is COC(=O)[C@H]1OC(=S)O[C@H]1[C@H]1OC(C)(C)OC[C@@]1(NC(=O)OC(C)(C)C)O[Si](c1ccccc1)(c1ccccc1)C(C)(C)C. The molecule has 2 aliphatic heterocycles. The largest absolute Gasteiger partial charge is 0.466 e. The van der Waals surface area contributed by atoms with E-state index in [0.717, 1.165) is 10.4 Å². The summed E-state index contributed by atoms with van der Waals surface area (Å²) in [7, 11) is -2.18. The van der Waals surface area contributed by atoms with Crippen LogP contribution in [0.2, 0.25) is 5.04 Å². The summed E-state index contributed by atoms with van der Waals surface area (Å²) in [4.78, 5) is 26.7. The molecule has 0 spiro atoms. The molecule has 0 aromatic heterocycles. The topological polar surface area (TPSA) is 111 Å². The minimum absolute atomic E-state index is 0.186. The van der Waals surface area contributed by atoms with Gasteiger partial charge in [-0.2, -0.15) is 0 Å². The van der Waals surface area contributed by atoms with Crippen LogP contribution in [0, 0.1) is 0 Å². The fourth-order valence-corrected chi connectivity index (χ4v) is 10.6. The number of esters is 1. The standard InChI is InChI=1S/C32H43NO9SSi/c1-29(2,3)41-27(35)33-32(20-37-31(7,8)40-25(32)23-24(26(34)36-9)39-28(43)38-23)42-44(30(4,5)6,21-16-12-10-13-17-21)22-18-14-11-15-19-22/h10-19,23-25H,20H2,1-9H3,(H,33,35)/t23-,24+,25-,32-/m1/s1. The molecule has 2 heterocycles. The first kappa shape index (κ1) is 33.9. The third-order valence-corrected chi connectivity index (χ3v) is 12.7. The number of carbonyl (C=O) groups excluding carboxylic acids is 2. The molecule has 4 rings (SSSR count). The van der Waals surface area contributed by atoms with Crippen molar-refractivity contribution in [3.63, 3.8) is 0 Å². The highest BCUT2D eigenvalue weighted by Crippen LogP contribution is 2.44. The zero-order valence-electron chi connectivity index (χ0n) is 26.8. The van der Waals surface area contributed by atoms with Crippen molar-refractivity contribution in [1.29, 1.82) is 0 Å². The third kappa shape index (κ3) is 6.94. The van der Waals surface area contributed by atoms with E-state index in [-0.39, 0.29) is 11.8 Å². The van der Waals surface area contributed by atoms with Gasteiger partial charge in [-0.25, -0.2) is 9.59 Å². The van der Waals surface area contributed by atoms with E-state index in [4.69, 9.17) is 45.1 Å². The Morgan fingerprint density at radius 2 is 1.48 bits per heavy atom. The maximum atomic E-state index is 13.7. The smallest absolute Gasteiger partial charge is 0.410 e. The molecule has 0 bridgehead atoms. The molecule has 1 amide bonds. The van der Waals surface area contributed by atoms with Crippen molar-refractivity contribution in [2.45, 2.75) is 95.9 Å². The van der Waals surface area contributed by atoms with Crippen LogP contribution in [0.5, 0.6) is 0 Å². The van der Waals surface area contributed by atoms with E-state index in [1.54, 1.807) is 34.6 Å². The Morgan fingerprint density at radius 3 is 1.95 bits per heavy atom. The van der Waals surface area contributed by atoms with Gasteiger partial charge in [0.05, 0.1) is 13.7 Å². The first-order valence-corrected chi connectivity index (χ1v) is 16.8. The van der Waals surface area contributed by atoms with Gasteiger partial charge >= 0.3 is 17.3 Å². The molecule has 2 aromatic carbocycles. The van der Waals surface area contributed by atoms with E-state index in [0.29, 0.717) is 0 Å². The molecule has 0 radical (unpaired) electrons. The maximum absolute atomic E-state index is 13.7. The molecule has 12 heteroatoms. The second kappa shape index (κ2) is 12.4. The Hall–Kier alpha value is -3.03. The average Bonchev–Trinajstić information content (AvgIpc) is 3.33. The molecule has 2 saturated heterocycles. The van der Waals surface area contributed by atoms with Gasteiger partial charge in [0.15, 0.2) is 23.7 Å². The fraction of sp³-hybridized carbons (Fsp3) is 0.531. The molecule has 2 fully saturated rings. The van der Waals surface area contributed by atoms with Gasteiger partial charge in [-0.1, -0.05) is 81.4 Å². The molecule has 2 aliphatic rings. The molecule has 44 heavy (non-hydrogen) atoms. The van der Waals surface area contributed by atoms with Crippen LogP contribution in [-0.4, -0.2) is 74.8 Å². The Morgan fingerprint density at radius 1 is 0.932 bits per heavy atom. The number of thiocarbonyl (C=S) groups is 1. The summed E-state index contributed by atoms with van der Waals surface area (Å²) in [5.41, 5.74) is -2.61. The van der Waals surface area contributed by atoms with Crippen LogP contribution in [0.1, 0.15) is 55.4 Å². The van der Waals surface area contributed by atoms with Crippen molar-refractivity contribution in [2.24, 2.45) is 0 Å². The van der Waals surface area contributed by atoms with Crippen molar-refractivity contribution in [1.82, 2.24) is 5.32 Å². The molecular formula is C32H43NO9SSi. The number of nitrogens with one attached hydrogen (secondary N) is 1. The van der Waals surface area contributed by atoms with Gasteiger partial charge in [0, 0.05) is 12.2 Å². The number of carbonyl (C=O) groups is 2. The number of alkyl carbamates (subject to hydrolysis) is 1. The summed E-state index contributed by atoms with van der Waals surface area (Å²) in [6.45, 7) is 14.9. The molecule has 1 N–H and O–H groups in total. The lowest BCUT2D eigenvalue weighted by Gasteiger charge is -2.55.